The van der Waals surface area contributed by atoms with E-state index in [0.717, 1.165) is 48.1 Å². The Kier molecular flexibility index (Phi) is 3.81. The quantitative estimate of drug-likeness (QED) is 0.475. The van der Waals surface area contributed by atoms with Crippen LogP contribution in [-0.4, -0.2) is 10.9 Å². The molecule has 0 heterocycles. The zero-order valence-corrected chi connectivity index (χ0v) is 15.4. The van der Waals surface area contributed by atoms with Gasteiger partial charge in [0.1, 0.15) is 0 Å². The molecule has 0 aliphatic heterocycles. The average molecular weight is 318 g/mol. The van der Waals surface area contributed by atoms with E-state index in [2.05, 4.69) is 25.9 Å². The highest BCUT2D eigenvalue weighted by Crippen LogP contribution is 2.67. The Labute approximate surface area is 142 Å². The van der Waals surface area contributed by atoms with Gasteiger partial charge in [0.15, 0.2) is 0 Å². The third-order valence-electron chi connectivity index (χ3n) is 9.33. The molecule has 23 heavy (non-hydrogen) atoms. The van der Waals surface area contributed by atoms with Gasteiger partial charge in [-0.2, -0.15) is 0 Å². The predicted molar refractivity (Wildman–Crippen MR) is 94.7 cm³/mol. The zero-order valence-electron chi connectivity index (χ0n) is 15.4. The van der Waals surface area contributed by atoms with Crippen LogP contribution in [0.1, 0.15) is 85.0 Å². The Morgan fingerprint density at radius 3 is 2.52 bits per heavy atom. The van der Waals surface area contributed by atoms with Crippen molar-refractivity contribution < 1.29 is 5.21 Å². The van der Waals surface area contributed by atoms with Crippen molar-refractivity contribution in [3.63, 3.8) is 0 Å². The van der Waals surface area contributed by atoms with Gasteiger partial charge in [0, 0.05) is 0 Å². The first-order valence-corrected chi connectivity index (χ1v) is 10.2. The molecule has 0 aromatic rings. The maximum atomic E-state index is 9.20. The van der Waals surface area contributed by atoms with Gasteiger partial charge >= 0.3 is 0 Å². The first-order valence-electron chi connectivity index (χ1n) is 10.2. The Bertz CT molecular complexity index is 500. The lowest BCUT2D eigenvalue weighted by Crippen LogP contribution is -2.53. The van der Waals surface area contributed by atoms with Gasteiger partial charge in [-0.15, -0.1) is 0 Å². The second kappa shape index (κ2) is 5.49. The highest BCUT2D eigenvalue weighted by Gasteiger charge is 2.59. The van der Waals surface area contributed by atoms with Crippen LogP contribution in [0, 0.1) is 40.4 Å². The molecule has 4 rings (SSSR count). The van der Waals surface area contributed by atoms with E-state index in [-0.39, 0.29) is 0 Å². The molecule has 2 heteroatoms. The second-order valence-corrected chi connectivity index (χ2v) is 9.75. The number of hydrogen-bond acceptors (Lipinski definition) is 2. The van der Waals surface area contributed by atoms with E-state index in [9.17, 15) is 5.21 Å². The monoisotopic (exact) mass is 317 g/mol. The van der Waals surface area contributed by atoms with E-state index in [0.29, 0.717) is 10.8 Å². The molecular weight excluding hydrogens is 282 g/mol. The molecule has 4 saturated carbocycles. The van der Waals surface area contributed by atoms with Crippen LogP contribution in [0.15, 0.2) is 5.16 Å². The molecule has 0 radical (unpaired) electrons. The van der Waals surface area contributed by atoms with Gasteiger partial charge in [0.25, 0.3) is 0 Å². The van der Waals surface area contributed by atoms with Gasteiger partial charge in [-0.25, -0.2) is 0 Å². The second-order valence-electron chi connectivity index (χ2n) is 9.75. The molecule has 2 nitrogen and oxygen atoms in total. The molecule has 0 spiro atoms. The molecule has 0 aromatic heterocycles. The van der Waals surface area contributed by atoms with Crippen LogP contribution in [0.5, 0.6) is 0 Å². The molecule has 0 aromatic carbocycles. The summed E-state index contributed by atoms with van der Waals surface area (Å²) in [4.78, 5) is 0. The minimum absolute atomic E-state index is 0.517. The van der Waals surface area contributed by atoms with Crippen molar-refractivity contribution in [2.75, 3.05) is 0 Å². The van der Waals surface area contributed by atoms with Crippen LogP contribution in [0.25, 0.3) is 0 Å². The van der Waals surface area contributed by atoms with Gasteiger partial charge in [-0.1, -0.05) is 32.3 Å². The van der Waals surface area contributed by atoms with Crippen molar-refractivity contribution in [1.29, 1.82) is 0 Å². The fourth-order valence-corrected chi connectivity index (χ4v) is 7.93. The summed E-state index contributed by atoms with van der Waals surface area (Å²) in [6.07, 6.45) is 13.5. The largest absolute Gasteiger partial charge is 0.411 e. The van der Waals surface area contributed by atoms with Crippen molar-refractivity contribution in [2.45, 2.75) is 85.0 Å². The lowest BCUT2D eigenvalue weighted by atomic mass is 9.44. The molecular formula is C21H35NO. The molecule has 7 atom stereocenters. The normalized spacial score (nSPS) is 54.4. The van der Waals surface area contributed by atoms with Crippen molar-refractivity contribution in [3.05, 3.63) is 0 Å². The first kappa shape index (κ1) is 16.0. The van der Waals surface area contributed by atoms with E-state index >= 15 is 0 Å². The number of nitrogens with zero attached hydrogens (tertiary/aromatic N) is 1. The molecule has 4 aliphatic rings. The molecule has 130 valence electrons. The van der Waals surface area contributed by atoms with Crippen LogP contribution >= 0.6 is 0 Å². The fourth-order valence-electron chi connectivity index (χ4n) is 7.93. The molecule has 1 N–H and O–H groups in total. The van der Waals surface area contributed by atoms with Crippen LogP contribution in [0.2, 0.25) is 0 Å². The van der Waals surface area contributed by atoms with Gasteiger partial charge in [0.2, 0.25) is 0 Å². The summed E-state index contributed by atoms with van der Waals surface area (Å²) in [5.41, 5.74) is 2.23. The highest BCUT2D eigenvalue weighted by atomic mass is 16.4. The summed E-state index contributed by atoms with van der Waals surface area (Å²) in [6.45, 7) is 7.65. The number of oxime groups is 1. The Morgan fingerprint density at radius 2 is 1.78 bits per heavy atom. The van der Waals surface area contributed by atoms with Crippen molar-refractivity contribution >= 4 is 5.71 Å². The minimum atomic E-state index is 0.517. The van der Waals surface area contributed by atoms with E-state index in [1.165, 1.54) is 51.4 Å². The van der Waals surface area contributed by atoms with E-state index in [1.807, 2.05) is 0 Å². The maximum absolute atomic E-state index is 9.20. The van der Waals surface area contributed by atoms with Crippen LogP contribution in [0.3, 0.4) is 0 Å². The Hall–Kier alpha value is -0.530. The molecule has 4 aliphatic carbocycles. The predicted octanol–water partition coefficient (Wildman–Crippen LogP) is 5.89. The summed E-state index contributed by atoms with van der Waals surface area (Å²) < 4.78 is 0. The van der Waals surface area contributed by atoms with Gasteiger partial charge in [0.05, 0.1) is 5.71 Å². The first-order chi connectivity index (χ1) is 11.0. The SMILES string of the molecule is CCC1CCC2C3CCC4C/C(=N\O)CCC4(C)C3CCC12C. The third-order valence-corrected chi connectivity index (χ3v) is 9.33. The Morgan fingerprint density at radius 1 is 1.00 bits per heavy atom. The molecule has 0 amide bonds. The average Bonchev–Trinajstić information content (AvgIpc) is 2.90. The summed E-state index contributed by atoms with van der Waals surface area (Å²) >= 11 is 0. The standard InChI is InChI=1S/C21H35NO/c1-4-14-6-8-18-17-7-5-15-13-16(22-23)9-11-21(15,3)19(17)10-12-20(14,18)2/h14-15,17-19,23H,4-13H2,1-3H3/b22-16-. The van der Waals surface area contributed by atoms with Crippen molar-refractivity contribution in [1.82, 2.24) is 0 Å². The number of fused-ring (bicyclic) bond motifs is 5. The van der Waals surface area contributed by atoms with Gasteiger partial charge < -0.3 is 5.21 Å². The summed E-state index contributed by atoms with van der Waals surface area (Å²) in [5.74, 6) is 4.68. The topological polar surface area (TPSA) is 32.6 Å². The lowest BCUT2D eigenvalue weighted by Gasteiger charge is -2.60. The lowest BCUT2D eigenvalue weighted by molar-refractivity contribution is -0.101. The Balaban J connectivity index is 1.60. The summed E-state index contributed by atoms with van der Waals surface area (Å²) in [5, 5.41) is 12.8. The molecule has 7 unspecified atom stereocenters. The summed E-state index contributed by atoms with van der Waals surface area (Å²) in [7, 11) is 0. The molecule has 0 bridgehead atoms. The number of hydrogen-bond donors (Lipinski definition) is 1. The van der Waals surface area contributed by atoms with Crippen LogP contribution < -0.4 is 0 Å². The third kappa shape index (κ3) is 2.15. The zero-order chi connectivity index (χ0) is 16.2. The molecule has 0 saturated heterocycles. The fraction of sp³-hybridized carbons (Fsp3) is 0.952. The van der Waals surface area contributed by atoms with Crippen molar-refractivity contribution in [2.24, 2.45) is 45.6 Å². The smallest absolute Gasteiger partial charge is 0.0574 e. The van der Waals surface area contributed by atoms with Gasteiger partial charge in [-0.3, -0.25) is 0 Å². The van der Waals surface area contributed by atoms with Crippen LogP contribution in [0.4, 0.5) is 0 Å². The van der Waals surface area contributed by atoms with Crippen LogP contribution in [-0.2, 0) is 0 Å². The van der Waals surface area contributed by atoms with E-state index < -0.39 is 0 Å². The maximum Gasteiger partial charge on any atom is 0.0574 e. The van der Waals surface area contributed by atoms with E-state index in [4.69, 9.17) is 0 Å². The molecule has 4 fully saturated rings. The minimum Gasteiger partial charge on any atom is -0.411 e. The number of rotatable bonds is 1. The van der Waals surface area contributed by atoms with E-state index in [1.54, 1.807) is 0 Å². The summed E-state index contributed by atoms with van der Waals surface area (Å²) in [6, 6.07) is 0. The highest BCUT2D eigenvalue weighted by molar-refractivity contribution is 5.85. The van der Waals surface area contributed by atoms with Crippen molar-refractivity contribution in [3.8, 4) is 0 Å². The van der Waals surface area contributed by atoms with Gasteiger partial charge in [-0.05, 0) is 98.2 Å².